The van der Waals surface area contributed by atoms with Crippen LogP contribution in [0, 0.1) is 11.6 Å². The Labute approximate surface area is 101 Å². The van der Waals surface area contributed by atoms with Crippen LogP contribution in [0.4, 0.5) is 8.78 Å². The lowest BCUT2D eigenvalue weighted by molar-refractivity contribution is -0.138. The maximum absolute atomic E-state index is 13.2. The van der Waals surface area contributed by atoms with Crippen LogP contribution in [0.1, 0.15) is 18.4 Å². The summed E-state index contributed by atoms with van der Waals surface area (Å²) >= 11 is 0. The molecule has 0 unspecified atom stereocenters. The summed E-state index contributed by atoms with van der Waals surface area (Å²) < 4.78 is 25.8. The predicted octanol–water partition coefficient (Wildman–Crippen LogP) is 2.30. The molecule has 0 bridgehead atoms. The number of rotatable bonds is 5. The van der Waals surface area contributed by atoms with Gasteiger partial charge in [0.25, 0.3) is 0 Å². The Kier molecular flexibility index (Phi) is 4.53. The first kappa shape index (κ1) is 13.8. The Bertz CT molecular complexity index is 509. The highest BCUT2D eigenvalue weighted by Gasteiger charge is 2.10. The number of hydrogen-bond acceptors (Lipinski definition) is 3. The Morgan fingerprint density at radius 1 is 1.17 bits per heavy atom. The summed E-state index contributed by atoms with van der Waals surface area (Å²) in [5.41, 5.74) is -0.319. The maximum atomic E-state index is 13.2. The zero-order chi connectivity index (χ0) is 13.7. The molecule has 0 aromatic heterocycles. The number of hydrogen-bond donors (Lipinski definition) is 2. The minimum absolute atomic E-state index is 0.303. The lowest BCUT2D eigenvalue weighted by atomic mass is 10.1. The zero-order valence-corrected chi connectivity index (χ0v) is 9.19. The van der Waals surface area contributed by atoms with E-state index in [0.717, 1.165) is 18.2 Å². The summed E-state index contributed by atoms with van der Waals surface area (Å²) in [5, 5.41) is 17.8. The van der Waals surface area contributed by atoms with Crippen LogP contribution in [0.15, 0.2) is 24.3 Å². The first-order valence-corrected chi connectivity index (χ1v) is 5.01. The second kappa shape index (κ2) is 5.90. The molecule has 18 heavy (non-hydrogen) atoms. The molecule has 2 N–H and O–H groups in total. The number of carboxylic acid groups (broad SMARTS) is 1. The predicted molar refractivity (Wildman–Crippen MR) is 58.8 cm³/mol. The van der Waals surface area contributed by atoms with Crippen LogP contribution in [-0.4, -0.2) is 22.0 Å². The first-order chi connectivity index (χ1) is 8.40. The van der Waals surface area contributed by atoms with E-state index in [9.17, 15) is 23.5 Å². The monoisotopic (exact) mass is 256 g/mol. The molecular weight excluding hydrogens is 246 g/mol. The molecule has 0 saturated heterocycles. The molecule has 0 fully saturated rings. The summed E-state index contributed by atoms with van der Waals surface area (Å²) in [6.07, 6.45) is 0.0377. The van der Waals surface area contributed by atoms with E-state index in [0.29, 0.717) is 6.07 Å². The maximum Gasteiger partial charge on any atom is 0.303 e. The van der Waals surface area contributed by atoms with Gasteiger partial charge in [0, 0.05) is 18.6 Å². The number of aliphatic carboxylic acids is 1. The summed E-state index contributed by atoms with van der Waals surface area (Å²) in [6, 6.07) is 2.49. The molecular formula is C12H10F2O4. The molecule has 0 aliphatic rings. The molecule has 1 rings (SSSR count). The number of carbonyl (C=O) groups excluding carboxylic acids is 1. The molecule has 0 spiro atoms. The minimum atomic E-state index is -1.15. The largest absolute Gasteiger partial charge is 0.507 e. The molecule has 0 atom stereocenters. The topological polar surface area (TPSA) is 74.6 Å². The minimum Gasteiger partial charge on any atom is -0.507 e. The van der Waals surface area contributed by atoms with E-state index >= 15 is 0 Å². The van der Waals surface area contributed by atoms with Crippen molar-refractivity contribution < 1.29 is 28.6 Å². The standard InChI is InChI=1S/C12H10F2O4/c13-7-1-3-9(10(14)5-7)11(16)6-8(15)2-4-12(17)18/h1,3,5-6,16H,2,4H2,(H,17,18)/b11-6-. The summed E-state index contributed by atoms with van der Waals surface area (Å²) in [6.45, 7) is 0. The van der Waals surface area contributed by atoms with Crippen LogP contribution in [0.5, 0.6) is 0 Å². The van der Waals surface area contributed by atoms with E-state index in [2.05, 4.69) is 0 Å². The average Bonchev–Trinajstić information content (AvgIpc) is 2.26. The molecule has 1 aromatic carbocycles. The molecule has 4 nitrogen and oxygen atoms in total. The molecule has 0 aliphatic carbocycles. The van der Waals surface area contributed by atoms with E-state index in [1.54, 1.807) is 0 Å². The Morgan fingerprint density at radius 3 is 2.39 bits per heavy atom. The van der Waals surface area contributed by atoms with E-state index in [1.807, 2.05) is 0 Å². The Morgan fingerprint density at radius 2 is 1.83 bits per heavy atom. The first-order valence-electron chi connectivity index (χ1n) is 5.01. The van der Waals surface area contributed by atoms with Crippen molar-refractivity contribution in [1.82, 2.24) is 0 Å². The van der Waals surface area contributed by atoms with Gasteiger partial charge in [-0.2, -0.15) is 0 Å². The van der Waals surface area contributed by atoms with Gasteiger partial charge in [-0.1, -0.05) is 0 Å². The smallest absolute Gasteiger partial charge is 0.303 e. The highest BCUT2D eigenvalue weighted by Crippen LogP contribution is 2.17. The number of carboxylic acids is 1. The van der Waals surface area contributed by atoms with Gasteiger partial charge in [-0.25, -0.2) is 8.78 Å². The van der Waals surface area contributed by atoms with Gasteiger partial charge in [0.15, 0.2) is 5.78 Å². The van der Waals surface area contributed by atoms with Crippen LogP contribution in [-0.2, 0) is 9.59 Å². The zero-order valence-electron chi connectivity index (χ0n) is 9.19. The van der Waals surface area contributed by atoms with Crippen LogP contribution >= 0.6 is 0 Å². The summed E-state index contributed by atoms with van der Waals surface area (Å²) in [4.78, 5) is 21.4. The normalized spacial score (nSPS) is 11.3. The molecule has 96 valence electrons. The van der Waals surface area contributed by atoms with E-state index < -0.39 is 29.1 Å². The van der Waals surface area contributed by atoms with Crippen LogP contribution in [0.25, 0.3) is 5.76 Å². The molecule has 0 aliphatic heterocycles. The third-order valence-electron chi connectivity index (χ3n) is 2.09. The molecule has 1 aromatic rings. The van der Waals surface area contributed by atoms with Gasteiger partial charge in [0.05, 0.1) is 12.0 Å². The third-order valence-corrected chi connectivity index (χ3v) is 2.09. The van der Waals surface area contributed by atoms with E-state index in [1.165, 1.54) is 0 Å². The van der Waals surface area contributed by atoms with Crippen molar-refractivity contribution >= 4 is 17.5 Å². The van der Waals surface area contributed by atoms with Crippen LogP contribution in [0.2, 0.25) is 0 Å². The van der Waals surface area contributed by atoms with Gasteiger partial charge in [-0.3, -0.25) is 9.59 Å². The Hall–Kier alpha value is -2.24. The number of aliphatic hydroxyl groups is 1. The number of halogens is 2. The van der Waals surface area contributed by atoms with Crippen molar-refractivity contribution in [2.24, 2.45) is 0 Å². The fourth-order valence-electron chi connectivity index (χ4n) is 1.23. The molecule has 0 amide bonds. The number of allylic oxidation sites excluding steroid dienone is 1. The number of aliphatic hydroxyl groups excluding tert-OH is 1. The fourth-order valence-corrected chi connectivity index (χ4v) is 1.23. The number of ketones is 1. The van der Waals surface area contributed by atoms with Crippen molar-refractivity contribution in [3.8, 4) is 0 Å². The van der Waals surface area contributed by atoms with Gasteiger partial charge >= 0.3 is 5.97 Å². The number of benzene rings is 1. The highest BCUT2D eigenvalue weighted by atomic mass is 19.1. The molecule has 0 heterocycles. The van der Waals surface area contributed by atoms with Gasteiger partial charge in [0.1, 0.15) is 17.4 Å². The van der Waals surface area contributed by atoms with Gasteiger partial charge in [-0.05, 0) is 12.1 Å². The summed E-state index contributed by atoms with van der Waals surface area (Å²) in [7, 11) is 0. The van der Waals surface area contributed by atoms with E-state index in [4.69, 9.17) is 5.11 Å². The molecule has 0 radical (unpaired) electrons. The van der Waals surface area contributed by atoms with Crippen molar-refractivity contribution in [1.29, 1.82) is 0 Å². The van der Waals surface area contributed by atoms with Gasteiger partial charge in [-0.15, -0.1) is 0 Å². The van der Waals surface area contributed by atoms with Crippen LogP contribution in [0.3, 0.4) is 0 Å². The molecule has 0 saturated carbocycles. The second-order valence-electron chi connectivity index (χ2n) is 3.51. The fraction of sp³-hybridized carbons (Fsp3) is 0.167. The molecule has 6 heteroatoms. The van der Waals surface area contributed by atoms with Crippen molar-refractivity contribution in [3.63, 3.8) is 0 Å². The third kappa shape index (κ3) is 3.97. The van der Waals surface area contributed by atoms with Crippen LogP contribution < -0.4 is 0 Å². The quantitative estimate of drug-likeness (QED) is 0.626. The second-order valence-corrected chi connectivity index (χ2v) is 3.51. The van der Waals surface area contributed by atoms with Gasteiger partial charge < -0.3 is 10.2 Å². The SMILES string of the molecule is O=C(O)CCC(=O)/C=C(\O)c1ccc(F)cc1F. The summed E-state index contributed by atoms with van der Waals surface area (Å²) in [5.74, 6) is -4.28. The van der Waals surface area contributed by atoms with Crippen molar-refractivity contribution in [2.45, 2.75) is 12.8 Å². The number of carbonyl (C=O) groups is 2. The lowest BCUT2D eigenvalue weighted by Gasteiger charge is -2.02. The lowest BCUT2D eigenvalue weighted by Crippen LogP contribution is -2.02. The highest BCUT2D eigenvalue weighted by molar-refractivity contribution is 5.96. The average molecular weight is 256 g/mol. The van der Waals surface area contributed by atoms with E-state index in [-0.39, 0.29) is 18.4 Å². The van der Waals surface area contributed by atoms with Gasteiger partial charge in [0.2, 0.25) is 0 Å². The van der Waals surface area contributed by atoms with Crippen molar-refractivity contribution in [3.05, 3.63) is 41.5 Å². The van der Waals surface area contributed by atoms with Crippen molar-refractivity contribution in [2.75, 3.05) is 0 Å². The Balaban J connectivity index is 2.82.